The van der Waals surface area contributed by atoms with Gasteiger partial charge in [0.15, 0.2) is 0 Å². The first-order chi connectivity index (χ1) is 4.34. The Labute approximate surface area is 58.3 Å². The average molecular weight is 142 g/mol. The van der Waals surface area contributed by atoms with Crippen molar-refractivity contribution in [2.75, 3.05) is 0 Å². The van der Waals surface area contributed by atoms with E-state index in [1.165, 1.54) is 6.26 Å². The largest absolute Gasteiger partial charge is 0.468 e. The number of rotatable bonds is 2. The minimum atomic E-state index is -0.417. The third-order valence-electron chi connectivity index (χ3n) is 0.964. The van der Waals surface area contributed by atoms with Gasteiger partial charge < -0.3 is 9.21 Å². The summed E-state index contributed by atoms with van der Waals surface area (Å²) in [6.07, 6.45) is 2.24. The third kappa shape index (κ3) is 1.36. The summed E-state index contributed by atoms with van der Waals surface area (Å²) < 4.78 is 4.88. The molecule has 2 nitrogen and oxygen atoms in total. The van der Waals surface area contributed by atoms with Crippen molar-refractivity contribution in [3.63, 3.8) is 0 Å². The molecular weight excluding hydrogens is 136 g/mol. The molecule has 0 saturated heterocycles. The molecule has 1 heterocycles. The van der Waals surface area contributed by atoms with E-state index < -0.39 is 5.25 Å². The van der Waals surface area contributed by atoms with Crippen LogP contribution in [0.3, 0.4) is 0 Å². The fourth-order valence-corrected chi connectivity index (χ4v) is 0.674. The van der Waals surface area contributed by atoms with Crippen LogP contribution in [0.4, 0.5) is 0 Å². The normalized spacial score (nSPS) is 13.0. The molecule has 0 bridgehead atoms. The van der Waals surface area contributed by atoms with Crippen LogP contribution >= 0.6 is 12.6 Å². The Morgan fingerprint density at radius 1 is 1.78 bits per heavy atom. The summed E-state index contributed by atoms with van der Waals surface area (Å²) in [5, 5.41) is -0.417. The summed E-state index contributed by atoms with van der Waals surface area (Å²) in [5.74, 6) is 0.591. The molecule has 1 atom stereocenters. The van der Waals surface area contributed by atoms with Gasteiger partial charge in [-0.25, -0.2) is 0 Å². The van der Waals surface area contributed by atoms with Gasteiger partial charge in [0.1, 0.15) is 17.3 Å². The molecule has 9 heavy (non-hydrogen) atoms. The van der Waals surface area contributed by atoms with Crippen molar-refractivity contribution in [3.8, 4) is 0 Å². The third-order valence-corrected chi connectivity index (χ3v) is 1.34. The zero-order valence-electron chi connectivity index (χ0n) is 4.65. The Morgan fingerprint density at radius 3 is 3.00 bits per heavy atom. The maximum atomic E-state index is 10.1. The highest BCUT2D eigenvalue weighted by Gasteiger charge is 2.05. The molecule has 0 saturated carbocycles. The number of thiol groups is 1. The monoisotopic (exact) mass is 142 g/mol. The number of hydrogen-bond donors (Lipinski definition) is 1. The van der Waals surface area contributed by atoms with Gasteiger partial charge in [0, 0.05) is 0 Å². The molecule has 0 amide bonds. The second-order valence-electron chi connectivity index (χ2n) is 1.60. The summed E-state index contributed by atoms with van der Waals surface area (Å²) in [6, 6.07) is 3.44. The van der Waals surface area contributed by atoms with Gasteiger partial charge in [-0.15, -0.1) is 0 Å². The van der Waals surface area contributed by atoms with Gasteiger partial charge >= 0.3 is 0 Å². The first-order valence-corrected chi connectivity index (χ1v) is 3.03. The van der Waals surface area contributed by atoms with Gasteiger partial charge in [0.25, 0.3) is 0 Å². The lowest BCUT2D eigenvalue weighted by atomic mass is 10.3. The molecular formula is C6H6O2S. The second kappa shape index (κ2) is 2.73. The standard InChI is InChI=1S/C6H6O2S/c7-4-6(9)5-2-1-3-8-5/h1-4,6,9H. The van der Waals surface area contributed by atoms with Crippen LogP contribution in [-0.2, 0) is 4.79 Å². The van der Waals surface area contributed by atoms with E-state index in [0.717, 1.165) is 6.29 Å². The van der Waals surface area contributed by atoms with E-state index in [9.17, 15) is 4.79 Å². The SMILES string of the molecule is O=CC(S)c1ccco1. The molecule has 48 valence electrons. The smallest absolute Gasteiger partial charge is 0.140 e. The highest BCUT2D eigenvalue weighted by molar-refractivity contribution is 7.81. The van der Waals surface area contributed by atoms with Gasteiger partial charge in [-0.05, 0) is 12.1 Å². The van der Waals surface area contributed by atoms with Gasteiger partial charge in [0.2, 0.25) is 0 Å². The fraction of sp³-hybridized carbons (Fsp3) is 0.167. The van der Waals surface area contributed by atoms with E-state index in [0.29, 0.717) is 5.76 Å². The van der Waals surface area contributed by atoms with Crippen molar-refractivity contribution < 1.29 is 9.21 Å². The number of aldehydes is 1. The van der Waals surface area contributed by atoms with Crippen molar-refractivity contribution in [1.29, 1.82) is 0 Å². The van der Waals surface area contributed by atoms with Crippen molar-refractivity contribution in [1.82, 2.24) is 0 Å². The number of furan rings is 1. The zero-order valence-corrected chi connectivity index (χ0v) is 5.54. The Kier molecular flexibility index (Phi) is 1.95. The van der Waals surface area contributed by atoms with Crippen LogP contribution in [0.1, 0.15) is 11.0 Å². The highest BCUT2D eigenvalue weighted by Crippen LogP contribution is 2.16. The molecule has 0 spiro atoms. The molecule has 1 aromatic heterocycles. The van der Waals surface area contributed by atoms with Crippen molar-refractivity contribution in [3.05, 3.63) is 24.2 Å². The zero-order chi connectivity index (χ0) is 6.69. The Balaban J connectivity index is 2.76. The van der Waals surface area contributed by atoms with Crippen LogP contribution in [0.2, 0.25) is 0 Å². The molecule has 0 aliphatic carbocycles. The quantitative estimate of drug-likeness (QED) is 0.500. The van der Waals surface area contributed by atoms with Crippen LogP contribution in [-0.4, -0.2) is 6.29 Å². The molecule has 1 rings (SSSR count). The van der Waals surface area contributed by atoms with E-state index in [1.54, 1.807) is 12.1 Å². The number of carbonyl (C=O) groups excluding carboxylic acids is 1. The Morgan fingerprint density at radius 2 is 2.56 bits per heavy atom. The molecule has 0 fully saturated rings. The summed E-state index contributed by atoms with van der Waals surface area (Å²) >= 11 is 3.92. The lowest BCUT2D eigenvalue weighted by Gasteiger charge is -1.93. The van der Waals surface area contributed by atoms with Gasteiger partial charge in [-0.1, -0.05) is 0 Å². The van der Waals surface area contributed by atoms with Crippen molar-refractivity contribution >= 4 is 18.9 Å². The molecule has 0 N–H and O–H groups in total. The first-order valence-electron chi connectivity index (χ1n) is 2.51. The predicted molar refractivity (Wildman–Crippen MR) is 36.5 cm³/mol. The highest BCUT2D eigenvalue weighted by atomic mass is 32.1. The van der Waals surface area contributed by atoms with Crippen molar-refractivity contribution in [2.24, 2.45) is 0 Å². The molecule has 1 unspecified atom stereocenters. The second-order valence-corrected chi connectivity index (χ2v) is 2.15. The Hall–Kier alpha value is -0.700. The van der Waals surface area contributed by atoms with Crippen LogP contribution < -0.4 is 0 Å². The fourth-order valence-electron chi connectivity index (χ4n) is 0.527. The lowest BCUT2D eigenvalue weighted by Crippen LogP contribution is -1.86. The Bertz CT molecular complexity index is 181. The van der Waals surface area contributed by atoms with Crippen LogP contribution in [0.15, 0.2) is 22.8 Å². The maximum Gasteiger partial charge on any atom is 0.140 e. The van der Waals surface area contributed by atoms with Gasteiger partial charge in [-0.2, -0.15) is 12.6 Å². The molecule has 3 heteroatoms. The number of carbonyl (C=O) groups is 1. The molecule has 1 aromatic rings. The van der Waals surface area contributed by atoms with Crippen molar-refractivity contribution in [2.45, 2.75) is 5.25 Å². The molecule has 0 aliphatic rings. The molecule has 0 aliphatic heterocycles. The van der Waals surface area contributed by atoms with E-state index in [1.807, 2.05) is 0 Å². The van der Waals surface area contributed by atoms with Crippen LogP contribution in [0.25, 0.3) is 0 Å². The van der Waals surface area contributed by atoms with E-state index in [2.05, 4.69) is 12.6 Å². The van der Waals surface area contributed by atoms with E-state index in [-0.39, 0.29) is 0 Å². The van der Waals surface area contributed by atoms with E-state index >= 15 is 0 Å². The first kappa shape index (κ1) is 6.42. The molecule has 0 aromatic carbocycles. The lowest BCUT2D eigenvalue weighted by molar-refractivity contribution is -0.107. The average Bonchev–Trinajstić information content (AvgIpc) is 2.37. The predicted octanol–water partition coefficient (Wildman–Crippen LogP) is 1.45. The van der Waals surface area contributed by atoms with Gasteiger partial charge in [0.05, 0.1) is 6.26 Å². The van der Waals surface area contributed by atoms with Crippen LogP contribution in [0.5, 0.6) is 0 Å². The minimum Gasteiger partial charge on any atom is -0.468 e. The number of hydrogen-bond acceptors (Lipinski definition) is 3. The topological polar surface area (TPSA) is 30.2 Å². The minimum absolute atomic E-state index is 0.417. The van der Waals surface area contributed by atoms with Gasteiger partial charge in [-0.3, -0.25) is 0 Å². The summed E-state index contributed by atoms with van der Waals surface area (Å²) in [5.41, 5.74) is 0. The summed E-state index contributed by atoms with van der Waals surface area (Å²) in [4.78, 5) is 10.1. The van der Waals surface area contributed by atoms with Crippen LogP contribution in [0, 0.1) is 0 Å². The summed E-state index contributed by atoms with van der Waals surface area (Å²) in [6.45, 7) is 0. The van der Waals surface area contributed by atoms with E-state index in [4.69, 9.17) is 4.42 Å². The summed E-state index contributed by atoms with van der Waals surface area (Å²) in [7, 11) is 0. The maximum absolute atomic E-state index is 10.1. The molecule has 0 radical (unpaired) electrons.